The number of carbonyl (C=O) groups excluding carboxylic acids is 2. The molecule has 4 heterocycles. The number of likely N-dealkylation sites (tertiary alicyclic amines) is 1. The summed E-state index contributed by atoms with van der Waals surface area (Å²) in [6, 6.07) is 9.58. The van der Waals surface area contributed by atoms with Crippen LogP contribution in [0.15, 0.2) is 42.9 Å². The number of ketones is 1. The highest BCUT2D eigenvalue weighted by atomic mass is 16.5. The highest BCUT2D eigenvalue weighted by molar-refractivity contribution is 6.24. The number of fused-ring (bicyclic) bond motifs is 6. The molecule has 3 aliphatic rings. The lowest BCUT2D eigenvalue weighted by Crippen LogP contribution is -2.35. The molecule has 3 atom stereocenters. The lowest BCUT2D eigenvalue weighted by atomic mass is 9.86. The number of ether oxygens (including phenoxy) is 2. The maximum absolute atomic E-state index is 13.1. The highest BCUT2D eigenvalue weighted by Gasteiger charge is 2.40. The smallest absolute Gasteiger partial charge is 0.235 e. The molecular weight excluding hydrogens is 444 g/mol. The van der Waals surface area contributed by atoms with E-state index in [2.05, 4.69) is 20.2 Å². The summed E-state index contributed by atoms with van der Waals surface area (Å²) in [6.45, 7) is 3.65. The van der Waals surface area contributed by atoms with Gasteiger partial charge in [-0.05, 0) is 43.7 Å². The van der Waals surface area contributed by atoms with Gasteiger partial charge < -0.3 is 19.7 Å². The van der Waals surface area contributed by atoms with Gasteiger partial charge in [0, 0.05) is 47.6 Å². The lowest BCUT2D eigenvalue weighted by Gasteiger charge is -2.29. The van der Waals surface area contributed by atoms with E-state index >= 15 is 0 Å². The third kappa shape index (κ3) is 3.82. The Morgan fingerprint density at radius 2 is 2.09 bits per heavy atom. The van der Waals surface area contributed by atoms with Gasteiger partial charge in [-0.1, -0.05) is 12.5 Å². The molecule has 3 aromatic rings. The molecule has 0 saturated carbocycles. The Morgan fingerprint density at radius 1 is 1.17 bits per heavy atom. The molecule has 0 aliphatic carbocycles. The van der Waals surface area contributed by atoms with Crippen molar-refractivity contribution in [2.75, 3.05) is 38.7 Å². The standard InChI is InChI=1S/C27H28N4O4/c1-34-22-6-4-7-23-24(22)20-13-31(12-16(20)14-35-23)10-3-2-5-18-26(32)17-8-9-21-19(11-28-15-29-21)25(17)30-27(18)33/h4,6-9,11,15-16,18,20H,2-3,5,10,12-14H2,1H3,(H,30,33)/t16-,18?,20+/m0/s1. The predicted octanol–water partition coefficient (Wildman–Crippen LogP) is 3.67. The van der Waals surface area contributed by atoms with Crippen molar-refractivity contribution in [3.63, 3.8) is 0 Å². The molecule has 0 bridgehead atoms. The number of carbonyl (C=O) groups is 2. The lowest BCUT2D eigenvalue weighted by molar-refractivity contribution is -0.118. The van der Waals surface area contributed by atoms with E-state index in [9.17, 15) is 9.59 Å². The van der Waals surface area contributed by atoms with Gasteiger partial charge in [-0.2, -0.15) is 0 Å². The van der Waals surface area contributed by atoms with Crippen molar-refractivity contribution in [3.05, 3.63) is 54.0 Å². The first-order chi connectivity index (χ1) is 17.1. The largest absolute Gasteiger partial charge is 0.496 e. The number of methoxy groups -OCH3 is 1. The van der Waals surface area contributed by atoms with Crippen LogP contribution in [0, 0.1) is 11.8 Å². The van der Waals surface area contributed by atoms with Crippen LogP contribution in [0.2, 0.25) is 0 Å². The molecule has 1 unspecified atom stereocenters. The highest BCUT2D eigenvalue weighted by Crippen LogP contribution is 2.46. The van der Waals surface area contributed by atoms with Gasteiger partial charge in [0.25, 0.3) is 0 Å². The van der Waals surface area contributed by atoms with E-state index in [4.69, 9.17) is 9.47 Å². The molecule has 180 valence electrons. The Labute approximate surface area is 203 Å². The van der Waals surface area contributed by atoms with Gasteiger partial charge in [0.05, 0.1) is 24.9 Å². The summed E-state index contributed by atoms with van der Waals surface area (Å²) in [5.74, 6) is 1.73. The number of hydrogen-bond acceptors (Lipinski definition) is 7. The summed E-state index contributed by atoms with van der Waals surface area (Å²) in [7, 11) is 1.71. The predicted molar refractivity (Wildman–Crippen MR) is 131 cm³/mol. The number of amides is 1. The molecule has 1 saturated heterocycles. The molecule has 2 aromatic carbocycles. The Balaban J connectivity index is 1.07. The molecule has 1 amide bonds. The average molecular weight is 473 g/mol. The van der Waals surface area contributed by atoms with Gasteiger partial charge in [0.2, 0.25) is 5.91 Å². The first kappa shape index (κ1) is 22.0. The molecule has 35 heavy (non-hydrogen) atoms. The second-order valence-corrected chi connectivity index (χ2v) is 9.65. The maximum Gasteiger partial charge on any atom is 0.235 e. The number of nitrogens with one attached hydrogen (secondary N) is 1. The van der Waals surface area contributed by atoms with Gasteiger partial charge in [-0.15, -0.1) is 0 Å². The average Bonchev–Trinajstić information content (AvgIpc) is 3.31. The maximum atomic E-state index is 13.1. The first-order valence-corrected chi connectivity index (χ1v) is 12.2. The fourth-order valence-electron chi connectivity index (χ4n) is 5.89. The van der Waals surface area contributed by atoms with E-state index in [-0.39, 0.29) is 11.7 Å². The van der Waals surface area contributed by atoms with Crippen LogP contribution in [0.4, 0.5) is 5.69 Å². The van der Waals surface area contributed by atoms with Crippen LogP contribution in [0.3, 0.4) is 0 Å². The number of Topliss-reactive ketones (excluding diaryl/α,β-unsaturated/α-hetero) is 1. The second-order valence-electron chi connectivity index (χ2n) is 9.65. The van der Waals surface area contributed by atoms with Crippen LogP contribution in [0.1, 0.15) is 41.1 Å². The molecule has 1 N–H and O–H groups in total. The van der Waals surface area contributed by atoms with E-state index in [1.165, 1.54) is 11.9 Å². The third-order valence-electron chi connectivity index (χ3n) is 7.64. The Morgan fingerprint density at radius 3 is 2.97 bits per heavy atom. The fourth-order valence-corrected chi connectivity index (χ4v) is 5.89. The van der Waals surface area contributed by atoms with Crippen molar-refractivity contribution < 1.29 is 19.1 Å². The Kier molecular flexibility index (Phi) is 5.60. The molecule has 6 rings (SSSR count). The van der Waals surface area contributed by atoms with E-state index in [0.717, 1.165) is 50.6 Å². The number of anilines is 1. The summed E-state index contributed by atoms with van der Waals surface area (Å²) in [4.78, 5) is 36.7. The molecule has 1 fully saturated rings. The third-order valence-corrected chi connectivity index (χ3v) is 7.64. The van der Waals surface area contributed by atoms with Crippen molar-refractivity contribution >= 4 is 28.3 Å². The van der Waals surface area contributed by atoms with Crippen molar-refractivity contribution in [1.29, 1.82) is 0 Å². The molecule has 8 nitrogen and oxygen atoms in total. The SMILES string of the molecule is COc1cccc2c1[C@@H]1CN(CCCCC3C(=O)Nc4c(ccc5ncncc45)C3=O)C[C@H]1CO2. The van der Waals surface area contributed by atoms with Gasteiger partial charge in [-0.25, -0.2) is 9.97 Å². The molecule has 3 aliphatic heterocycles. The van der Waals surface area contributed by atoms with Crippen LogP contribution in [-0.4, -0.2) is 59.9 Å². The summed E-state index contributed by atoms with van der Waals surface area (Å²) in [6.07, 6.45) is 5.41. The molecule has 8 heteroatoms. The van der Waals surface area contributed by atoms with Crippen LogP contribution < -0.4 is 14.8 Å². The first-order valence-electron chi connectivity index (χ1n) is 12.2. The van der Waals surface area contributed by atoms with E-state index in [1.54, 1.807) is 19.4 Å². The van der Waals surface area contributed by atoms with Gasteiger partial charge in [0.15, 0.2) is 5.78 Å². The van der Waals surface area contributed by atoms with Crippen LogP contribution >= 0.6 is 0 Å². The number of aromatic nitrogens is 2. The number of benzene rings is 2. The van der Waals surface area contributed by atoms with Crippen molar-refractivity contribution in [1.82, 2.24) is 14.9 Å². The van der Waals surface area contributed by atoms with E-state index < -0.39 is 5.92 Å². The minimum Gasteiger partial charge on any atom is -0.496 e. The minimum atomic E-state index is -0.643. The fraction of sp³-hybridized carbons (Fsp3) is 0.407. The summed E-state index contributed by atoms with van der Waals surface area (Å²) >= 11 is 0. The normalized spacial score (nSPS) is 23.3. The number of rotatable bonds is 6. The van der Waals surface area contributed by atoms with Gasteiger partial charge >= 0.3 is 0 Å². The number of unbranched alkanes of at least 4 members (excludes halogenated alkanes) is 1. The summed E-state index contributed by atoms with van der Waals surface area (Å²) < 4.78 is 11.6. The van der Waals surface area contributed by atoms with Gasteiger partial charge in [0.1, 0.15) is 23.7 Å². The van der Waals surface area contributed by atoms with Crippen LogP contribution in [0.25, 0.3) is 10.9 Å². The van der Waals surface area contributed by atoms with Crippen molar-refractivity contribution in [3.8, 4) is 11.5 Å². The zero-order chi connectivity index (χ0) is 23.9. The monoisotopic (exact) mass is 472 g/mol. The van der Waals surface area contributed by atoms with Crippen molar-refractivity contribution in [2.45, 2.75) is 25.2 Å². The minimum absolute atomic E-state index is 0.109. The van der Waals surface area contributed by atoms with E-state index in [0.29, 0.717) is 40.4 Å². The Hall–Kier alpha value is -3.52. The number of hydrogen-bond donors (Lipinski definition) is 1. The van der Waals surface area contributed by atoms with Crippen molar-refractivity contribution in [2.24, 2.45) is 11.8 Å². The molecular formula is C27H28N4O4. The zero-order valence-electron chi connectivity index (χ0n) is 19.7. The van der Waals surface area contributed by atoms with E-state index in [1.807, 2.05) is 24.3 Å². The molecule has 1 aromatic heterocycles. The summed E-state index contributed by atoms with van der Waals surface area (Å²) in [5.41, 5.74) is 2.98. The molecule has 0 spiro atoms. The second kappa shape index (κ2) is 8.92. The number of nitrogens with zero attached hydrogens (tertiary/aromatic N) is 3. The zero-order valence-corrected chi connectivity index (χ0v) is 19.7. The van der Waals surface area contributed by atoms with Gasteiger partial charge in [-0.3, -0.25) is 9.59 Å². The Bertz CT molecular complexity index is 1300. The topological polar surface area (TPSA) is 93.6 Å². The van der Waals surface area contributed by atoms with Crippen LogP contribution in [-0.2, 0) is 4.79 Å². The molecule has 0 radical (unpaired) electrons. The van der Waals surface area contributed by atoms with Crippen LogP contribution in [0.5, 0.6) is 11.5 Å². The quantitative estimate of drug-likeness (QED) is 0.432. The summed E-state index contributed by atoms with van der Waals surface area (Å²) in [5, 5.41) is 3.64.